The average Bonchev–Trinajstić information content (AvgIpc) is 2.02. The van der Waals surface area contributed by atoms with Gasteiger partial charge in [-0.15, -0.1) is 0 Å². The first-order chi connectivity index (χ1) is 6.39. The summed E-state index contributed by atoms with van der Waals surface area (Å²) in [4.78, 5) is 11.7. The number of hydrogen-bond acceptors (Lipinski definition) is 1. The molecular formula is C13H18O. The first-order valence-electron chi connectivity index (χ1n) is 4.98. The van der Waals surface area contributed by atoms with Gasteiger partial charge in [-0.05, 0) is 12.5 Å². The van der Waals surface area contributed by atoms with Gasteiger partial charge in [0.25, 0.3) is 0 Å². The number of ketones is 1. The number of Topliss-reactive ketones (excluding diaryl/α,β-unsaturated/α-hetero) is 1. The van der Waals surface area contributed by atoms with E-state index in [0.29, 0.717) is 12.2 Å². The molecule has 0 fully saturated rings. The van der Waals surface area contributed by atoms with E-state index in [2.05, 4.69) is 6.07 Å². The van der Waals surface area contributed by atoms with E-state index in [-0.39, 0.29) is 5.41 Å². The first kappa shape index (κ1) is 11.0. The van der Waals surface area contributed by atoms with E-state index in [1.807, 2.05) is 45.9 Å². The Labute approximate surface area is 86.1 Å². The molecule has 0 N–H and O–H groups in total. The summed E-state index contributed by atoms with van der Waals surface area (Å²) >= 11 is 0. The van der Waals surface area contributed by atoms with Crippen molar-refractivity contribution in [3.8, 4) is 0 Å². The van der Waals surface area contributed by atoms with Gasteiger partial charge >= 0.3 is 0 Å². The molecule has 0 aromatic heterocycles. The normalized spacial score (nSPS) is 11.4. The molecule has 0 radical (unpaired) electrons. The largest absolute Gasteiger partial charge is 0.299 e. The van der Waals surface area contributed by atoms with Gasteiger partial charge in [-0.3, -0.25) is 4.79 Å². The SMILES string of the molecule is Cc1cccc(CC(=O)C(C)(C)C)c1. The van der Waals surface area contributed by atoms with Gasteiger partial charge in [-0.1, -0.05) is 50.6 Å². The zero-order valence-corrected chi connectivity index (χ0v) is 9.42. The maximum absolute atomic E-state index is 11.7. The van der Waals surface area contributed by atoms with Gasteiger partial charge in [0.15, 0.2) is 0 Å². The molecule has 0 saturated heterocycles. The maximum Gasteiger partial charge on any atom is 0.142 e. The molecule has 1 aromatic rings. The van der Waals surface area contributed by atoms with E-state index in [9.17, 15) is 4.79 Å². The summed E-state index contributed by atoms with van der Waals surface area (Å²) in [6.45, 7) is 7.94. The molecule has 0 aliphatic rings. The van der Waals surface area contributed by atoms with Gasteiger partial charge in [0.1, 0.15) is 5.78 Å². The third kappa shape index (κ3) is 2.99. The van der Waals surface area contributed by atoms with E-state index >= 15 is 0 Å². The Bertz CT molecular complexity index is 331. The summed E-state index contributed by atoms with van der Waals surface area (Å²) in [5.74, 6) is 0.295. The van der Waals surface area contributed by atoms with Crippen LogP contribution in [0.25, 0.3) is 0 Å². The van der Waals surface area contributed by atoms with Crippen LogP contribution in [0.5, 0.6) is 0 Å². The van der Waals surface area contributed by atoms with E-state index in [1.54, 1.807) is 0 Å². The summed E-state index contributed by atoms with van der Waals surface area (Å²) in [5.41, 5.74) is 2.10. The van der Waals surface area contributed by atoms with Gasteiger partial charge < -0.3 is 0 Å². The minimum atomic E-state index is -0.232. The van der Waals surface area contributed by atoms with E-state index in [0.717, 1.165) is 5.56 Å². The molecule has 0 heterocycles. The van der Waals surface area contributed by atoms with Crippen LogP contribution in [0.15, 0.2) is 24.3 Å². The van der Waals surface area contributed by atoms with Crippen LogP contribution in [-0.2, 0) is 11.2 Å². The van der Waals surface area contributed by atoms with Crippen LogP contribution in [0.3, 0.4) is 0 Å². The van der Waals surface area contributed by atoms with Gasteiger partial charge in [0, 0.05) is 11.8 Å². The zero-order valence-electron chi connectivity index (χ0n) is 9.42. The number of benzene rings is 1. The van der Waals surface area contributed by atoms with Crippen molar-refractivity contribution in [2.75, 3.05) is 0 Å². The van der Waals surface area contributed by atoms with E-state index in [1.165, 1.54) is 5.56 Å². The number of rotatable bonds is 2. The highest BCUT2D eigenvalue weighted by molar-refractivity contribution is 5.85. The second-order valence-corrected chi connectivity index (χ2v) is 4.84. The first-order valence-corrected chi connectivity index (χ1v) is 4.98. The molecule has 1 aromatic carbocycles. The zero-order chi connectivity index (χ0) is 10.8. The summed E-state index contributed by atoms with van der Waals surface area (Å²) in [6, 6.07) is 8.13. The smallest absolute Gasteiger partial charge is 0.142 e. The second-order valence-electron chi connectivity index (χ2n) is 4.84. The molecule has 0 amide bonds. The Kier molecular flexibility index (Phi) is 3.10. The van der Waals surface area contributed by atoms with Crippen molar-refractivity contribution in [2.24, 2.45) is 5.41 Å². The Hall–Kier alpha value is -1.11. The molecule has 0 aliphatic carbocycles. The minimum Gasteiger partial charge on any atom is -0.299 e. The fourth-order valence-corrected chi connectivity index (χ4v) is 1.27. The van der Waals surface area contributed by atoms with Crippen molar-refractivity contribution >= 4 is 5.78 Å². The molecule has 0 aliphatic heterocycles. The Morgan fingerprint density at radius 2 is 1.93 bits per heavy atom. The summed E-state index contributed by atoms with van der Waals surface area (Å²) in [7, 11) is 0. The van der Waals surface area contributed by atoms with E-state index < -0.39 is 0 Å². The fourth-order valence-electron chi connectivity index (χ4n) is 1.27. The predicted molar refractivity (Wildman–Crippen MR) is 59.3 cm³/mol. The minimum absolute atomic E-state index is 0.232. The Morgan fingerprint density at radius 3 is 2.43 bits per heavy atom. The van der Waals surface area contributed by atoms with Gasteiger partial charge in [0.05, 0.1) is 0 Å². The van der Waals surface area contributed by atoms with Crippen molar-refractivity contribution in [3.63, 3.8) is 0 Å². The van der Waals surface area contributed by atoms with Crippen molar-refractivity contribution in [3.05, 3.63) is 35.4 Å². The lowest BCUT2D eigenvalue weighted by molar-refractivity contribution is -0.125. The van der Waals surface area contributed by atoms with Crippen LogP contribution in [0, 0.1) is 12.3 Å². The number of carbonyl (C=O) groups is 1. The summed E-state index contributed by atoms with van der Waals surface area (Å²) in [5, 5.41) is 0. The van der Waals surface area contributed by atoms with Crippen molar-refractivity contribution < 1.29 is 4.79 Å². The molecule has 0 saturated carbocycles. The molecule has 0 unspecified atom stereocenters. The Balaban J connectivity index is 2.75. The van der Waals surface area contributed by atoms with Crippen LogP contribution >= 0.6 is 0 Å². The molecule has 0 atom stereocenters. The standard InChI is InChI=1S/C13H18O/c1-10-6-5-7-11(8-10)9-12(14)13(2,3)4/h5-8H,9H2,1-4H3. The van der Waals surface area contributed by atoms with Crippen LogP contribution in [0.4, 0.5) is 0 Å². The lowest BCUT2D eigenvalue weighted by Crippen LogP contribution is -2.22. The van der Waals surface area contributed by atoms with Crippen LogP contribution < -0.4 is 0 Å². The number of aryl methyl sites for hydroxylation is 1. The average molecular weight is 190 g/mol. The molecular weight excluding hydrogens is 172 g/mol. The van der Waals surface area contributed by atoms with Crippen LogP contribution in [0.2, 0.25) is 0 Å². The highest BCUT2D eigenvalue weighted by atomic mass is 16.1. The van der Waals surface area contributed by atoms with E-state index in [4.69, 9.17) is 0 Å². The highest BCUT2D eigenvalue weighted by Gasteiger charge is 2.20. The topological polar surface area (TPSA) is 17.1 Å². The maximum atomic E-state index is 11.7. The monoisotopic (exact) mass is 190 g/mol. The predicted octanol–water partition coefficient (Wildman–Crippen LogP) is 3.15. The van der Waals surface area contributed by atoms with Crippen molar-refractivity contribution in [1.29, 1.82) is 0 Å². The van der Waals surface area contributed by atoms with Gasteiger partial charge in [-0.2, -0.15) is 0 Å². The third-order valence-corrected chi connectivity index (χ3v) is 2.28. The molecule has 0 spiro atoms. The lowest BCUT2D eigenvalue weighted by atomic mass is 9.87. The number of carbonyl (C=O) groups excluding carboxylic acids is 1. The molecule has 0 bridgehead atoms. The van der Waals surface area contributed by atoms with Crippen molar-refractivity contribution in [2.45, 2.75) is 34.1 Å². The third-order valence-electron chi connectivity index (χ3n) is 2.28. The van der Waals surface area contributed by atoms with Gasteiger partial charge in [0.2, 0.25) is 0 Å². The van der Waals surface area contributed by atoms with Crippen molar-refractivity contribution in [1.82, 2.24) is 0 Å². The summed E-state index contributed by atoms with van der Waals surface area (Å²) in [6.07, 6.45) is 0.547. The molecule has 1 nitrogen and oxygen atoms in total. The molecule has 1 heteroatoms. The highest BCUT2D eigenvalue weighted by Crippen LogP contribution is 2.18. The van der Waals surface area contributed by atoms with Crippen LogP contribution in [0.1, 0.15) is 31.9 Å². The lowest BCUT2D eigenvalue weighted by Gasteiger charge is -2.16. The molecule has 1 rings (SSSR count). The summed E-state index contributed by atoms with van der Waals surface area (Å²) < 4.78 is 0. The second kappa shape index (κ2) is 3.95. The fraction of sp³-hybridized carbons (Fsp3) is 0.462. The van der Waals surface area contributed by atoms with Gasteiger partial charge in [-0.25, -0.2) is 0 Å². The molecule has 76 valence electrons. The Morgan fingerprint density at radius 1 is 1.29 bits per heavy atom. The van der Waals surface area contributed by atoms with Crippen LogP contribution in [-0.4, -0.2) is 5.78 Å². The quantitative estimate of drug-likeness (QED) is 0.700. The number of hydrogen-bond donors (Lipinski definition) is 0. The molecule has 14 heavy (non-hydrogen) atoms.